The molecule has 94 valence electrons. The molecule has 3 rings (SSSR count). The molecule has 1 saturated carbocycles. The lowest BCUT2D eigenvalue weighted by Crippen LogP contribution is -2.15. The van der Waals surface area contributed by atoms with Gasteiger partial charge in [0.05, 0.1) is 18.3 Å². The van der Waals surface area contributed by atoms with Crippen molar-refractivity contribution in [2.45, 2.75) is 25.4 Å². The van der Waals surface area contributed by atoms with E-state index in [4.69, 9.17) is 4.42 Å². The van der Waals surface area contributed by atoms with Gasteiger partial charge >= 0.3 is 0 Å². The molecule has 1 N–H and O–H groups in total. The second kappa shape index (κ2) is 4.82. The highest BCUT2D eigenvalue weighted by molar-refractivity contribution is 9.10. The molecular weight excluding hydrogens is 299 g/mol. The highest BCUT2D eigenvalue weighted by Crippen LogP contribution is 2.26. The summed E-state index contributed by atoms with van der Waals surface area (Å²) in [6.07, 6.45) is 4.00. The van der Waals surface area contributed by atoms with Crippen molar-refractivity contribution in [3.05, 3.63) is 40.6 Å². The number of hydrogen-bond donors (Lipinski definition) is 1. The zero-order valence-electron chi connectivity index (χ0n) is 9.62. The number of hydrogen-bond acceptors (Lipinski definition) is 3. The summed E-state index contributed by atoms with van der Waals surface area (Å²) in [6, 6.07) is 5.48. The van der Waals surface area contributed by atoms with E-state index in [9.17, 15) is 4.39 Å². The van der Waals surface area contributed by atoms with E-state index in [1.807, 2.05) is 0 Å². The summed E-state index contributed by atoms with van der Waals surface area (Å²) in [5.41, 5.74) is 0.434. The number of halogens is 2. The summed E-state index contributed by atoms with van der Waals surface area (Å²) in [5, 5.41) is 3.30. The quantitative estimate of drug-likeness (QED) is 0.939. The van der Waals surface area contributed by atoms with Crippen molar-refractivity contribution in [3.63, 3.8) is 0 Å². The van der Waals surface area contributed by atoms with Crippen LogP contribution in [0.3, 0.4) is 0 Å². The molecule has 0 atom stereocenters. The minimum Gasteiger partial charge on any atom is -0.439 e. The van der Waals surface area contributed by atoms with E-state index in [1.54, 1.807) is 18.3 Å². The van der Waals surface area contributed by atoms with Gasteiger partial charge in [0, 0.05) is 10.5 Å². The van der Waals surface area contributed by atoms with Crippen molar-refractivity contribution in [2.75, 3.05) is 0 Å². The van der Waals surface area contributed by atoms with E-state index < -0.39 is 0 Å². The lowest BCUT2D eigenvalue weighted by molar-refractivity contribution is 0.474. The van der Waals surface area contributed by atoms with Crippen LogP contribution in [0, 0.1) is 5.82 Å². The van der Waals surface area contributed by atoms with Gasteiger partial charge in [-0.3, -0.25) is 0 Å². The Morgan fingerprint density at radius 1 is 1.44 bits per heavy atom. The van der Waals surface area contributed by atoms with Crippen molar-refractivity contribution in [2.24, 2.45) is 0 Å². The van der Waals surface area contributed by atoms with Gasteiger partial charge in [0.25, 0.3) is 0 Å². The third-order valence-corrected chi connectivity index (χ3v) is 3.36. The van der Waals surface area contributed by atoms with E-state index in [2.05, 4.69) is 26.2 Å². The first kappa shape index (κ1) is 11.9. The van der Waals surface area contributed by atoms with Gasteiger partial charge in [-0.15, -0.1) is 0 Å². The molecule has 0 unspecified atom stereocenters. The third kappa shape index (κ3) is 2.62. The molecule has 3 nitrogen and oxygen atoms in total. The fourth-order valence-electron chi connectivity index (χ4n) is 1.72. The number of benzene rings is 1. The normalized spacial score (nSPS) is 15.0. The molecule has 5 heteroatoms. The van der Waals surface area contributed by atoms with Gasteiger partial charge < -0.3 is 9.73 Å². The van der Waals surface area contributed by atoms with Gasteiger partial charge in [-0.1, -0.05) is 15.9 Å². The Kier molecular flexibility index (Phi) is 3.18. The Morgan fingerprint density at radius 2 is 2.28 bits per heavy atom. The summed E-state index contributed by atoms with van der Waals surface area (Å²) >= 11 is 3.23. The molecule has 0 bridgehead atoms. The summed E-state index contributed by atoms with van der Waals surface area (Å²) < 4.78 is 20.0. The van der Waals surface area contributed by atoms with Crippen molar-refractivity contribution in [3.8, 4) is 11.3 Å². The minimum absolute atomic E-state index is 0.317. The Hall–Kier alpha value is -1.20. The summed E-state index contributed by atoms with van der Waals surface area (Å²) in [4.78, 5) is 4.15. The maximum Gasteiger partial charge on any atom is 0.208 e. The van der Waals surface area contributed by atoms with Crippen LogP contribution >= 0.6 is 15.9 Å². The zero-order valence-corrected chi connectivity index (χ0v) is 11.2. The molecule has 0 saturated heterocycles. The van der Waals surface area contributed by atoms with E-state index in [0.29, 0.717) is 34.3 Å². The maximum absolute atomic E-state index is 13.7. The standard InChI is InChI=1S/C13H12BrFN2O/c14-8-1-4-10(11(15)5-8)12-6-17-13(18-12)7-16-9-2-3-9/h1,4-6,9,16H,2-3,7H2. The molecule has 18 heavy (non-hydrogen) atoms. The molecule has 1 aromatic carbocycles. The molecule has 0 aliphatic heterocycles. The predicted molar refractivity (Wildman–Crippen MR) is 69.5 cm³/mol. The number of oxazole rings is 1. The smallest absolute Gasteiger partial charge is 0.208 e. The molecule has 1 aliphatic carbocycles. The fraction of sp³-hybridized carbons (Fsp3) is 0.308. The predicted octanol–water partition coefficient (Wildman–Crippen LogP) is 3.50. The zero-order chi connectivity index (χ0) is 12.5. The second-order valence-corrected chi connectivity index (χ2v) is 5.31. The molecule has 1 aromatic heterocycles. The first-order valence-electron chi connectivity index (χ1n) is 5.86. The van der Waals surface area contributed by atoms with Crippen LogP contribution in [0.4, 0.5) is 4.39 Å². The Bertz CT molecular complexity index is 566. The van der Waals surface area contributed by atoms with Crippen molar-refractivity contribution in [1.29, 1.82) is 0 Å². The highest BCUT2D eigenvalue weighted by atomic mass is 79.9. The molecule has 1 aliphatic rings. The van der Waals surface area contributed by atoms with Crippen LogP contribution in [0.2, 0.25) is 0 Å². The van der Waals surface area contributed by atoms with Gasteiger partial charge in [0.15, 0.2) is 5.76 Å². The summed E-state index contributed by atoms with van der Waals surface area (Å²) in [7, 11) is 0. The lowest BCUT2D eigenvalue weighted by Gasteiger charge is -2.00. The molecule has 1 heterocycles. The Morgan fingerprint density at radius 3 is 3.00 bits per heavy atom. The second-order valence-electron chi connectivity index (χ2n) is 4.40. The molecular formula is C13H12BrFN2O. The van der Waals surface area contributed by atoms with E-state index in [-0.39, 0.29) is 5.82 Å². The molecule has 0 radical (unpaired) electrons. The molecule has 1 fully saturated rings. The maximum atomic E-state index is 13.7. The largest absolute Gasteiger partial charge is 0.439 e. The monoisotopic (exact) mass is 310 g/mol. The number of nitrogens with one attached hydrogen (secondary N) is 1. The Labute approximate surface area is 113 Å². The van der Waals surface area contributed by atoms with Crippen LogP contribution in [0.5, 0.6) is 0 Å². The molecule has 2 aromatic rings. The van der Waals surface area contributed by atoms with Crippen molar-refractivity contribution in [1.82, 2.24) is 10.3 Å². The van der Waals surface area contributed by atoms with Gasteiger partial charge in [-0.05, 0) is 31.0 Å². The topological polar surface area (TPSA) is 38.1 Å². The minimum atomic E-state index is -0.317. The fourth-order valence-corrected chi connectivity index (χ4v) is 2.06. The Balaban J connectivity index is 1.78. The van der Waals surface area contributed by atoms with Gasteiger partial charge in [-0.25, -0.2) is 9.37 Å². The highest BCUT2D eigenvalue weighted by Gasteiger charge is 2.21. The van der Waals surface area contributed by atoms with Crippen LogP contribution in [0.25, 0.3) is 11.3 Å². The molecule has 0 amide bonds. The first-order valence-corrected chi connectivity index (χ1v) is 6.65. The molecule has 0 spiro atoms. The summed E-state index contributed by atoms with van der Waals surface area (Å²) in [5.74, 6) is 0.744. The number of nitrogens with zero attached hydrogens (tertiary/aromatic N) is 1. The van der Waals surface area contributed by atoms with Gasteiger partial charge in [-0.2, -0.15) is 0 Å². The number of aromatic nitrogens is 1. The number of rotatable bonds is 4. The van der Waals surface area contributed by atoms with Crippen LogP contribution < -0.4 is 5.32 Å². The van der Waals surface area contributed by atoms with Crippen LogP contribution in [-0.4, -0.2) is 11.0 Å². The van der Waals surface area contributed by atoms with Gasteiger partial charge in [0.2, 0.25) is 5.89 Å². The average Bonchev–Trinajstić information content (AvgIpc) is 3.05. The lowest BCUT2D eigenvalue weighted by atomic mass is 10.2. The van der Waals surface area contributed by atoms with E-state index in [1.165, 1.54) is 18.9 Å². The van der Waals surface area contributed by atoms with Gasteiger partial charge in [0.1, 0.15) is 5.82 Å². The SMILES string of the molecule is Fc1cc(Br)ccc1-c1cnc(CNC2CC2)o1. The summed E-state index contributed by atoms with van der Waals surface area (Å²) in [6.45, 7) is 0.600. The van der Waals surface area contributed by atoms with Crippen LogP contribution in [-0.2, 0) is 6.54 Å². The van der Waals surface area contributed by atoms with E-state index >= 15 is 0 Å². The third-order valence-electron chi connectivity index (χ3n) is 2.87. The van der Waals surface area contributed by atoms with Crippen molar-refractivity contribution < 1.29 is 8.81 Å². The average molecular weight is 311 g/mol. The van der Waals surface area contributed by atoms with E-state index in [0.717, 1.165) is 0 Å². The van der Waals surface area contributed by atoms with Crippen molar-refractivity contribution >= 4 is 15.9 Å². The van der Waals surface area contributed by atoms with Crippen LogP contribution in [0.1, 0.15) is 18.7 Å². The first-order chi connectivity index (χ1) is 8.72. The van der Waals surface area contributed by atoms with Crippen LogP contribution in [0.15, 0.2) is 33.3 Å².